The number of aliphatic carboxylic acids is 1. The summed E-state index contributed by atoms with van der Waals surface area (Å²) >= 11 is 1.41. The average molecular weight is 489 g/mol. The first-order chi connectivity index (χ1) is 16.2. The summed E-state index contributed by atoms with van der Waals surface area (Å²) in [5.41, 5.74) is 2.34. The molecule has 5 nitrogen and oxygen atoms in total. The molecule has 178 valence electrons. The minimum Gasteiger partial charge on any atom is -0.488 e. The van der Waals surface area contributed by atoms with Crippen LogP contribution in [0.1, 0.15) is 41.5 Å². The fourth-order valence-electron chi connectivity index (χ4n) is 3.67. The van der Waals surface area contributed by atoms with E-state index in [4.69, 9.17) is 14.8 Å². The number of unbranched alkanes of at least 4 members (excludes halogenated alkanes) is 1. The van der Waals surface area contributed by atoms with Crippen molar-refractivity contribution in [3.05, 3.63) is 70.4 Å². The third-order valence-electron chi connectivity index (χ3n) is 5.46. The summed E-state index contributed by atoms with van der Waals surface area (Å²) in [7, 11) is 0. The van der Waals surface area contributed by atoms with Gasteiger partial charge in [-0.3, -0.25) is 4.79 Å². The van der Waals surface area contributed by atoms with Crippen LogP contribution in [-0.4, -0.2) is 21.0 Å². The van der Waals surface area contributed by atoms with E-state index in [1.807, 2.05) is 18.2 Å². The molecule has 4 rings (SSSR count). The maximum atomic E-state index is 12.9. The summed E-state index contributed by atoms with van der Waals surface area (Å²) < 4.78 is 44.7. The van der Waals surface area contributed by atoms with Crippen LogP contribution in [0.4, 0.5) is 13.2 Å². The second-order valence-corrected chi connectivity index (χ2v) is 9.03. The highest BCUT2D eigenvalue weighted by Gasteiger charge is 2.30. The highest BCUT2D eigenvalue weighted by atomic mass is 32.1. The predicted octanol–water partition coefficient (Wildman–Crippen LogP) is 6.86. The van der Waals surface area contributed by atoms with E-state index in [0.29, 0.717) is 21.9 Å². The van der Waals surface area contributed by atoms with Crippen molar-refractivity contribution < 1.29 is 27.8 Å². The first kappa shape index (κ1) is 23.8. The minimum absolute atomic E-state index is 0.0873. The molecule has 4 aromatic rings. The Bertz CT molecular complexity index is 1290. The lowest BCUT2D eigenvalue weighted by Crippen LogP contribution is -2.03. The van der Waals surface area contributed by atoms with Crippen LogP contribution in [0.15, 0.2) is 48.7 Å². The Kier molecular flexibility index (Phi) is 6.92. The van der Waals surface area contributed by atoms with Gasteiger partial charge >= 0.3 is 12.1 Å². The van der Waals surface area contributed by atoms with Gasteiger partial charge in [0.05, 0.1) is 22.6 Å². The Morgan fingerprint density at radius 3 is 2.62 bits per heavy atom. The summed E-state index contributed by atoms with van der Waals surface area (Å²) in [6.45, 7) is 2.35. The summed E-state index contributed by atoms with van der Waals surface area (Å²) in [6, 6.07) is 10.5. The number of carbonyl (C=O) groups is 1. The molecule has 2 aromatic carbocycles. The van der Waals surface area contributed by atoms with Gasteiger partial charge in [-0.25, -0.2) is 4.98 Å². The number of hydrogen-bond donors (Lipinski definition) is 2. The fraction of sp³-hybridized carbons (Fsp3) is 0.280. The molecule has 0 atom stereocenters. The number of benzene rings is 2. The molecule has 2 N–H and O–H groups in total. The Morgan fingerprint density at radius 1 is 1.18 bits per heavy atom. The number of alkyl halides is 3. The van der Waals surface area contributed by atoms with Crippen molar-refractivity contribution in [3.63, 3.8) is 0 Å². The number of fused-ring (bicyclic) bond motifs is 1. The summed E-state index contributed by atoms with van der Waals surface area (Å²) in [5, 5.41) is 10.6. The molecular formula is C25H23F3N2O3S. The maximum absolute atomic E-state index is 12.9. The van der Waals surface area contributed by atoms with Crippen molar-refractivity contribution in [2.45, 2.75) is 45.4 Å². The Balaban J connectivity index is 1.56. The topological polar surface area (TPSA) is 75.2 Å². The summed E-state index contributed by atoms with van der Waals surface area (Å²) in [5.74, 6) is -0.307. The molecule has 0 aliphatic rings. The number of H-pyrrole nitrogens is 1. The number of aromatic amines is 1. The highest BCUT2D eigenvalue weighted by Crippen LogP contribution is 2.34. The molecule has 0 unspecified atom stereocenters. The Morgan fingerprint density at radius 2 is 1.94 bits per heavy atom. The molecule has 0 fully saturated rings. The van der Waals surface area contributed by atoms with Gasteiger partial charge in [0.1, 0.15) is 17.4 Å². The molecule has 0 saturated carbocycles. The van der Waals surface area contributed by atoms with Crippen molar-refractivity contribution >= 4 is 28.2 Å². The van der Waals surface area contributed by atoms with Crippen LogP contribution in [0.3, 0.4) is 0 Å². The molecule has 0 radical (unpaired) electrons. The van der Waals surface area contributed by atoms with Crippen molar-refractivity contribution in [1.82, 2.24) is 9.97 Å². The van der Waals surface area contributed by atoms with Crippen LogP contribution in [0.5, 0.6) is 5.75 Å². The number of carboxylic acid groups (broad SMARTS) is 1. The number of rotatable bonds is 9. The summed E-state index contributed by atoms with van der Waals surface area (Å²) in [4.78, 5) is 19.8. The molecule has 0 spiro atoms. The number of aryl methyl sites for hydroxylation is 1. The van der Waals surface area contributed by atoms with Gasteiger partial charge in [-0.1, -0.05) is 25.5 Å². The van der Waals surface area contributed by atoms with E-state index in [2.05, 4.69) is 11.9 Å². The molecule has 0 amide bonds. The first-order valence-corrected chi connectivity index (χ1v) is 11.7. The van der Waals surface area contributed by atoms with Gasteiger partial charge in [-0.15, -0.1) is 11.3 Å². The third-order valence-corrected chi connectivity index (χ3v) is 6.58. The van der Waals surface area contributed by atoms with E-state index in [0.717, 1.165) is 52.9 Å². The number of thiazole rings is 1. The molecule has 0 aliphatic heterocycles. The standard InChI is InChI=1S/C25H23F3N2O3S/c1-2-3-4-21-22(34-24(30-21)15-5-7-17(8-6-15)25(26,27)28)14-33-18-9-10-20-19(12-18)16(13-29-20)11-23(31)32/h5-10,12-13,29H,2-4,11,14H2,1H3,(H,31,32). The normalized spacial score (nSPS) is 11.8. The average Bonchev–Trinajstić information content (AvgIpc) is 3.39. The van der Waals surface area contributed by atoms with Crippen LogP contribution < -0.4 is 4.74 Å². The van der Waals surface area contributed by atoms with E-state index in [1.165, 1.54) is 23.5 Å². The monoisotopic (exact) mass is 488 g/mol. The van der Waals surface area contributed by atoms with Gasteiger partial charge in [-0.05, 0) is 48.7 Å². The number of carboxylic acids is 1. The molecule has 0 aliphatic carbocycles. The van der Waals surface area contributed by atoms with Crippen LogP contribution >= 0.6 is 11.3 Å². The van der Waals surface area contributed by atoms with E-state index in [-0.39, 0.29) is 13.0 Å². The zero-order valence-electron chi connectivity index (χ0n) is 18.4. The predicted molar refractivity (Wildman–Crippen MR) is 125 cm³/mol. The van der Waals surface area contributed by atoms with Crippen molar-refractivity contribution in [1.29, 1.82) is 0 Å². The number of aromatic nitrogens is 2. The van der Waals surface area contributed by atoms with E-state index < -0.39 is 17.7 Å². The van der Waals surface area contributed by atoms with Crippen molar-refractivity contribution in [2.24, 2.45) is 0 Å². The van der Waals surface area contributed by atoms with Gasteiger partial charge in [0.2, 0.25) is 0 Å². The lowest BCUT2D eigenvalue weighted by Gasteiger charge is -2.07. The number of hydrogen-bond acceptors (Lipinski definition) is 4. The van der Waals surface area contributed by atoms with E-state index >= 15 is 0 Å². The smallest absolute Gasteiger partial charge is 0.416 e. The lowest BCUT2D eigenvalue weighted by molar-refractivity contribution is -0.138. The molecule has 0 bridgehead atoms. The van der Waals surface area contributed by atoms with Gasteiger partial charge in [0.25, 0.3) is 0 Å². The van der Waals surface area contributed by atoms with Gasteiger partial charge < -0.3 is 14.8 Å². The largest absolute Gasteiger partial charge is 0.488 e. The zero-order chi connectivity index (χ0) is 24.3. The lowest BCUT2D eigenvalue weighted by atomic mass is 10.1. The molecule has 0 saturated heterocycles. The number of nitrogens with one attached hydrogen (secondary N) is 1. The van der Waals surface area contributed by atoms with Gasteiger partial charge in [-0.2, -0.15) is 13.2 Å². The van der Waals surface area contributed by atoms with Crippen molar-refractivity contribution in [2.75, 3.05) is 0 Å². The van der Waals surface area contributed by atoms with Crippen LogP contribution in [0, 0.1) is 0 Å². The zero-order valence-corrected chi connectivity index (χ0v) is 19.2. The number of ether oxygens (including phenoxy) is 1. The second kappa shape index (κ2) is 9.89. The number of nitrogens with zero attached hydrogens (tertiary/aromatic N) is 1. The molecule has 2 aromatic heterocycles. The quantitative estimate of drug-likeness (QED) is 0.270. The summed E-state index contributed by atoms with van der Waals surface area (Å²) in [6.07, 6.45) is -0.0918. The first-order valence-electron chi connectivity index (χ1n) is 10.9. The molecule has 9 heteroatoms. The maximum Gasteiger partial charge on any atom is 0.416 e. The Hall–Kier alpha value is -3.33. The minimum atomic E-state index is -4.38. The van der Waals surface area contributed by atoms with E-state index in [9.17, 15) is 18.0 Å². The second-order valence-electron chi connectivity index (χ2n) is 7.95. The van der Waals surface area contributed by atoms with Crippen LogP contribution in [0.2, 0.25) is 0 Å². The van der Waals surface area contributed by atoms with Gasteiger partial charge in [0.15, 0.2) is 0 Å². The van der Waals surface area contributed by atoms with E-state index in [1.54, 1.807) is 6.20 Å². The fourth-order valence-corrected chi connectivity index (χ4v) is 4.69. The third kappa shape index (κ3) is 5.41. The SMILES string of the molecule is CCCCc1nc(-c2ccc(C(F)(F)F)cc2)sc1COc1ccc2[nH]cc(CC(=O)O)c2c1. The number of halogens is 3. The molecular weight excluding hydrogens is 465 g/mol. The molecule has 34 heavy (non-hydrogen) atoms. The van der Waals surface area contributed by atoms with Gasteiger partial charge in [0, 0.05) is 22.7 Å². The van der Waals surface area contributed by atoms with Crippen molar-refractivity contribution in [3.8, 4) is 16.3 Å². The highest BCUT2D eigenvalue weighted by molar-refractivity contribution is 7.15. The molecule has 2 heterocycles. The van der Waals surface area contributed by atoms with Crippen LogP contribution in [0.25, 0.3) is 21.5 Å². The van der Waals surface area contributed by atoms with Crippen LogP contribution in [-0.2, 0) is 30.4 Å². The Labute approximate surface area is 198 Å².